The molecule has 14 heteroatoms. The van der Waals surface area contributed by atoms with Crippen molar-refractivity contribution in [3.8, 4) is 0 Å². The van der Waals surface area contributed by atoms with Gasteiger partial charge >= 0.3 is 12.3 Å². The van der Waals surface area contributed by atoms with Gasteiger partial charge in [-0.3, -0.25) is 0 Å². The van der Waals surface area contributed by atoms with Crippen molar-refractivity contribution in [3.63, 3.8) is 0 Å². The third-order valence-electron chi connectivity index (χ3n) is 6.03. The molecule has 1 fully saturated rings. The van der Waals surface area contributed by atoms with Gasteiger partial charge in [-0.25, -0.2) is 23.1 Å². The molecule has 2 unspecified atom stereocenters. The fourth-order valence-corrected chi connectivity index (χ4v) is 4.93. The molecule has 3 rings (SSSR count). The van der Waals surface area contributed by atoms with Gasteiger partial charge in [-0.05, 0) is 66.4 Å². The lowest BCUT2D eigenvalue weighted by atomic mass is 9.81. The molecule has 0 saturated heterocycles. The van der Waals surface area contributed by atoms with E-state index in [-0.39, 0.29) is 42.6 Å². The third kappa shape index (κ3) is 7.92. The van der Waals surface area contributed by atoms with Crippen LogP contribution < -0.4 is 10.0 Å². The summed E-state index contributed by atoms with van der Waals surface area (Å²) in [5.74, 6) is -3.19. The van der Waals surface area contributed by atoms with Crippen LogP contribution in [0.15, 0.2) is 18.5 Å². The maximum atomic E-state index is 13.9. The summed E-state index contributed by atoms with van der Waals surface area (Å²) in [5, 5.41) is 6.76. The molecule has 0 aromatic carbocycles. The Labute approximate surface area is 221 Å². The predicted octanol–water partition coefficient (Wildman–Crippen LogP) is 5.78. The average Bonchev–Trinajstić information content (AvgIpc) is 3.16. The van der Waals surface area contributed by atoms with Crippen LogP contribution in [0, 0.1) is 5.92 Å². The van der Waals surface area contributed by atoms with Gasteiger partial charge in [-0.15, -0.1) is 4.72 Å². The second-order valence-electron chi connectivity index (χ2n) is 11.5. The van der Waals surface area contributed by atoms with Gasteiger partial charge in [0.15, 0.2) is 11.7 Å². The molecule has 0 bridgehead atoms. The molecule has 1 aliphatic rings. The van der Waals surface area contributed by atoms with E-state index in [2.05, 4.69) is 20.1 Å². The molecule has 38 heavy (non-hydrogen) atoms. The summed E-state index contributed by atoms with van der Waals surface area (Å²) in [7, 11) is 0. The second kappa shape index (κ2) is 10.8. The Balaban J connectivity index is 1.95. The Morgan fingerprint density at radius 3 is 2.32 bits per heavy atom. The fourth-order valence-electron chi connectivity index (χ4n) is 4.09. The van der Waals surface area contributed by atoms with E-state index in [1.807, 2.05) is 0 Å². The number of ether oxygens (including phenoxy) is 1. The molecule has 214 valence electrons. The largest absolute Gasteiger partial charge is 0.598 e. The molecule has 3 atom stereocenters. The standard InChI is InChI=1S/C24H34F5N5O3S/c1-21(2,3)37-20(35)32-18(14-7-9-23(25,26)10-8-14)16-13-34-17(31-16)11-15(12-30-34)19(24(27,28)29)33-38(36)22(4,5)6/h11-14,18-19,33H,7-10H2,1-6H3,(H,32,35)/t18-,19?,38?/m0/s1. The number of halogens is 5. The van der Waals surface area contributed by atoms with Gasteiger partial charge in [0.05, 0.1) is 24.1 Å². The molecule has 2 N–H and O–H groups in total. The number of alkyl halides is 5. The van der Waals surface area contributed by atoms with Gasteiger partial charge in [0.1, 0.15) is 10.3 Å². The Kier molecular flexibility index (Phi) is 8.60. The van der Waals surface area contributed by atoms with Crippen LogP contribution in [-0.4, -0.2) is 47.7 Å². The van der Waals surface area contributed by atoms with Crippen molar-refractivity contribution >= 4 is 23.1 Å². The number of aromatic nitrogens is 3. The minimum atomic E-state index is -4.77. The molecule has 2 aromatic rings. The Bertz CT molecular complexity index is 1120. The number of carbonyl (C=O) groups is 1. The number of rotatable bonds is 6. The lowest BCUT2D eigenvalue weighted by Crippen LogP contribution is -2.45. The molecule has 2 aromatic heterocycles. The van der Waals surface area contributed by atoms with Crippen molar-refractivity contribution in [1.82, 2.24) is 24.6 Å². The molecule has 8 nitrogen and oxygen atoms in total. The predicted molar refractivity (Wildman–Crippen MR) is 132 cm³/mol. The fraction of sp³-hybridized carbons (Fsp3) is 0.708. The SMILES string of the molecule is CC(C)(C)OC(=O)N[C@H](c1cn2ncc(C(N[S+]([O-])C(C)(C)C)C(F)(F)F)cc2n1)C1CCC(F)(F)CC1. The zero-order valence-electron chi connectivity index (χ0n) is 22.2. The summed E-state index contributed by atoms with van der Waals surface area (Å²) in [4.78, 5) is 17.0. The maximum Gasteiger partial charge on any atom is 0.412 e. The zero-order valence-corrected chi connectivity index (χ0v) is 23.0. The minimum Gasteiger partial charge on any atom is -0.598 e. The summed E-state index contributed by atoms with van der Waals surface area (Å²) in [5.41, 5.74) is -0.803. The van der Waals surface area contributed by atoms with Crippen molar-refractivity contribution in [2.45, 2.75) is 102 Å². The van der Waals surface area contributed by atoms with E-state index in [9.17, 15) is 31.3 Å². The first-order valence-corrected chi connectivity index (χ1v) is 13.4. The van der Waals surface area contributed by atoms with Crippen molar-refractivity contribution in [2.75, 3.05) is 0 Å². The van der Waals surface area contributed by atoms with Gasteiger partial charge < -0.3 is 14.6 Å². The highest BCUT2D eigenvalue weighted by Gasteiger charge is 2.46. The smallest absolute Gasteiger partial charge is 0.412 e. The van der Waals surface area contributed by atoms with Gasteiger partial charge in [0, 0.05) is 29.8 Å². The van der Waals surface area contributed by atoms with E-state index in [0.29, 0.717) is 0 Å². The van der Waals surface area contributed by atoms with Gasteiger partial charge in [0.25, 0.3) is 0 Å². The van der Waals surface area contributed by atoms with Crippen LogP contribution in [-0.2, 0) is 16.1 Å². The van der Waals surface area contributed by atoms with Crippen LogP contribution in [0.3, 0.4) is 0 Å². The molecule has 0 radical (unpaired) electrons. The first-order valence-electron chi connectivity index (χ1n) is 12.2. The summed E-state index contributed by atoms with van der Waals surface area (Å²) in [6.07, 6.45) is -3.59. The maximum absolute atomic E-state index is 13.9. The number of fused-ring (bicyclic) bond motifs is 1. The summed E-state index contributed by atoms with van der Waals surface area (Å²) in [6, 6.07) is -1.92. The Hall–Kier alpha value is -2.19. The van der Waals surface area contributed by atoms with E-state index < -0.39 is 57.9 Å². The van der Waals surface area contributed by atoms with Crippen molar-refractivity contribution < 1.29 is 36.0 Å². The van der Waals surface area contributed by atoms with Gasteiger partial charge in [-0.2, -0.15) is 18.3 Å². The lowest BCUT2D eigenvalue weighted by Gasteiger charge is -2.33. The average molecular weight is 568 g/mol. The molecule has 1 amide bonds. The zero-order chi connectivity index (χ0) is 28.7. The van der Waals surface area contributed by atoms with E-state index in [0.717, 1.165) is 6.20 Å². The first kappa shape index (κ1) is 30.4. The summed E-state index contributed by atoms with van der Waals surface area (Å²) >= 11 is -2.02. The van der Waals surface area contributed by atoms with E-state index >= 15 is 0 Å². The van der Waals surface area contributed by atoms with Crippen molar-refractivity contribution in [2.24, 2.45) is 5.92 Å². The quantitative estimate of drug-likeness (QED) is 0.339. The lowest BCUT2D eigenvalue weighted by molar-refractivity contribution is -0.153. The van der Waals surface area contributed by atoms with Crippen molar-refractivity contribution in [3.05, 3.63) is 29.7 Å². The highest BCUT2D eigenvalue weighted by atomic mass is 32.2. The molecule has 0 aliphatic heterocycles. The number of nitrogens with zero attached hydrogens (tertiary/aromatic N) is 3. The van der Waals surface area contributed by atoms with E-state index in [1.54, 1.807) is 41.5 Å². The normalized spacial score (nSPS) is 19.7. The molecule has 1 aliphatic carbocycles. The second-order valence-corrected chi connectivity index (χ2v) is 13.5. The number of carbonyl (C=O) groups excluding carboxylic acids is 1. The minimum absolute atomic E-state index is 0.0484. The highest BCUT2D eigenvalue weighted by molar-refractivity contribution is 7.90. The summed E-state index contributed by atoms with van der Waals surface area (Å²) < 4.78 is 89.5. The Morgan fingerprint density at radius 2 is 1.79 bits per heavy atom. The van der Waals surface area contributed by atoms with Crippen molar-refractivity contribution in [1.29, 1.82) is 0 Å². The molecular formula is C24H34F5N5O3S. The van der Waals surface area contributed by atoms with Crippen LogP contribution in [0.25, 0.3) is 5.65 Å². The summed E-state index contributed by atoms with van der Waals surface area (Å²) in [6.45, 7) is 9.67. The third-order valence-corrected chi connectivity index (χ3v) is 7.59. The Morgan fingerprint density at radius 1 is 1.18 bits per heavy atom. The highest BCUT2D eigenvalue weighted by Crippen LogP contribution is 2.41. The molecule has 1 saturated carbocycles. The number of alkyl carbamates (subject to hydrolysis) is 1. The van der Waals surface area contributed by atoms with Crippen LogP contribution >= 0.6 is 0 Å². The van der Waals surface area contributed by atoms with Crippen LogP contribution in [0.1, 0.15) is 90.6 Å². The first-order chi connectivity index (χ1) is 17.2. The topological polar surface area (TPSA) is 104 Å². The number of amides is 1. The van der Waals surface area contributed by atoms with Crippen LogP contribution in [0.2, 0.25) is 0 Å². The number of imidazole rings is 1. The van der Waals surface area contributed by atoms with E-state index in [1.165, 1.54) is 16.8 Å². The van der Waals surface area contributed by atoms with Gasteiger partial charge in [0.2, 0.25) is 5.92 Å². The molecule has 2 heterocycles. The number of nitrogens with one attached hydrogen (secondary N) is 2. The van der Waals surface area contributed by atoms with E-state index in [4.69, 9.17) is 4.74 Å². The monoisotopic (exact) mass is 567 g/mol. The number of hydrogen-bond donors (Lipinski definition) is 2. The van der Waals surface area contributed by atoms with Crippen LogP contribution in [0.5, 0.6) is 0 Å². The number of hydrogen-bond acceptors (Lipinski definition) is 6. The molecule has 0 spiro atoms. The van der Waals surface area contributed by atoms with Crippen LogP contribution in [0.4, 0.5) is 26.7 Å². The molecular weight excluding hydrogens is 533 g/mol. The van der Waals surface area contributed by atoms with Gasteiger partial charge in [-0.1, -0.05) is 0 Å².